The smallest absolute Gasteiger partial charge is 0.342 e. The number of carbonyl (C=O) groups is 2. The highest BCUT2D eigenvalue weighted by Crippen LogP contribution is 2.27. The van der Waals surface area contributed by atoms with Crippen LogP contribution in [0.4, 0.5) is 5.69 Å². The Morgan fingerprint density at radius 2 is 1.92 bits per heavy atom. The van der Waals surface area contributed by atoms with E-state index in [0.29, 0.717) is 16.5 Å². The van der Waals surface area contributed by atoms with Gasteiger partial charge < -0.3 is 25.0 Å². The van der Waals surface area contributed by atoms with Crippen LogP contribution in [0.3, 0.4) is 0 Å². The minimum atomic E-state index is -0.893. The average molecular weight is 352 g/mol. The molecule has 24 heavy (non-hydrogen) atoms. The van der Waals surface area contributed by atoms with Gasteiger partial charge in [0.2, 0.25) is 0 Å². The van der Waals surface area contributed by atoms with Crippen LogP contribution in [-0.2, 0) is 9.53 Å². The molecular formula is C16H14ClNO6. The number of hydrogen-bond acceptors (Lipinski definition) is 6. The third-order valence-corrected chi connectivity index (χ3v) is 3.27. The summed E-state index contributed by atoms with van der Waals surface area (Å²) >= 11 is 5.94. The Morgan fingerprint density at radius 3 is 2.54 bits per heavy atom. The topological polar surface area (TPSA) is 105 Å². The van der Waals surface area contributed by atoms with Gasteiger partial charge in [0, 0.05) is 11.8 Å². The summed E-state index contributed by atoms with van der Waals surface area (Å²) in [6.07, 6.45) is 0. The number of aromatic hydroxyl groups is 2. The summed E-state index contributed by atoms with van der Waals surface area (Å²) in [5.41, 5.74) is 0.252. The molecule has 0 bridgehead atoms. The van der Waals surface area contributed by atoms with E-state index in [0.717, 1.165) is 6.07 Å². The number of amides is 1. The molecule has 8 heteroatoms. The maximum absolute atomic E-state index is 11.8. The Kier molecular flexibility index (Phi) is 5.49. The predicted octanol–water partition coefficient (Wildman–Crippen LogP) is 2.56. The minimum Gasteiger partial charge on any atom is -0.508 e. The van der Waals surface area contributed by atoms with Crippen molar-refractivity contribution in [1.29, 1.82) is 0 Å². The van der Waals surface area contributed by atoms with Crippen LogP contribution in [-0.4, -0.2) is 35.8 Å². The number of phenols is 2. The fourth-order valence-corrected chi connectivity index (χ4v) is 2.10. The first kappa shape index (κ1) is 17.4. The van der Waals surface area contributed by atoms with Gasteiger partial charge in [-0.1, -0.05) is 11.6 Å². The van der Waals surface area contributed by atoms with Crippen molar-refractivity contribution in [2.45, 2.75) is 0 Å². The molecular weight excluding hydrogens is 338 g/mol. The molecule has 0 atom stereocenters. The van der Waals surface area contributed by atoms with Crippen molar-refractivity contribution in [2.24, 2.45) is 0 Å². The van der Waals surface area contributed by atoms with E-state index in [1.807, 2.05) is 0 Å². The summed E-state index contributed by atoms with van der Waals surface area (Å²) < 4.78 is 9.80. The third kappa shape index (κ3) is 4.30. The van der Waals surface area contributed by atoms with Crippen LogP contribution in [0.25, 0.3) is 0 Å². The van der Waals surface area contributed by atoms with E-state index in [2.05, 4.69) is 5.32 Å². The number of nitrogens with one attached hydrogen (secondary N) is 1. The molecule has 3 N–H and O–H groups in total. The van der Waals surface area contributed by atoms with Crippen molar-refractivity contribution in [2.75, 3.05) is 19.0 Å². The molecule has 126 valence electrons. The maximum atomic E-state index is 11.8. The lowest BCUT2D eigenvalue weighted by Crippen LogP contribution is -2.21. The molecule has 0 saturated heterocycles. The minimum absolute atomic E-state index is 0.159. The molecule has 0 saturated carbocycles. The average Bonchev–Trinajstić information content (AvgIpc) is 2.53. The number of carbonyl (C=O) groups excluding carboxylic acids is 2. The lowest BCUT2D eigenvalue weighted by Gasteiger charge is -2.09. The largest absolute Gasteiger partial charge is 0.508 e. The number of rotatable bonds is 5. The fourth-order valence-electron chi connectivity index (χ4n) is 1.84. The van der Waals surface area contributed by atoms with Crippen molar-refractivity contribution in [3.05, 3.63) is 47.0 Å². The summed E-state index contributed by atoms with van der Waals surface area (Å²) in [6, 6.07) is 8.06. The Balaban J connectivity index is 1.93. The standard InChI is InChI=1S/C16H14ClNO6/c1-23-14-5-2-9(6-12(14)17)18-15(21)8-24-16(22)11-4-3-10(19)7-13(11)20/h2-7,19-20H,8H2,1H3,(H,18,21). The lowest BCUT2D eigenvalue weighted by atomic mass is 10.2. The monoisotopic (exact) mass is 351 g/mol. The molecule has 0 spiro atoms. The number of anilines is 1. The highest BCUT2D eigenvalue weighted by molar-refractivity contribution is 6.32. The van der Waals surface area contributed by atoms with Gasteiger partial charge in [0.25, 0.3) is 5.91 Å². The first-order chi connectivity index (χ1) is 11.4. The number of benzene rings is 2. The van der Waals surface area contributed by atoms with Gasteiger partial charge in [-0.05, 0) is 30.3 Å². The molecule has 0 aliphatic heterocycles. The van der Waals surface area contributed by atoms with Gasteiger partial charge in [-0.15, -0.1) is 0 Å². The van der Waals surface area contributed by atoms with Crippen molar-refractivity contribution in [3.63, 3.8) is 0 Å². The first-order valence-corrected chi connectivity index (χ1v) is 7.11. The highest BCUT2D eigenvalue weighted by Gasteiger charge is 2.15. The molecule has 7 nitrogen and oxygen atoms in total. The normalized spacial score (nSPS) is 10.1. The van der Waals surface area contributed by atoms with Crippen LogP contribution in [0.1, 0.15) is 10.4 Å². The highest BCUT2D eigenvalue weighted by atomic mass is 35.5. The van der Waals surface area contributed by atoms with Gasteiger partial charge in [-0.2, -0.15) is 0 Å². The molecule has 0 aliphatic rings. The van der Waals surface area contributed by atoms with E-state index in [-0.39, 0.29) is 11.3 Å². The molecule has 2 aromatic rings. The molecule has 0 aromatic heterocycles. The van der Waals surface area contributed by atoms with E-state index >= 15 is 0 Å². The summed E-state index contributed by atoms with van der Waals surface area (Å²) in [7, 11) is 1.47. The SMILES string of the molecule is COc1ccc(NC(=O)COC(=O)c2ccc(O)cc2O)cc1Cl. The molecule has 0 unspecified atom stereocenters. The predicted molar refractivity (Wildman–Crippen MR) is 86.7 cm³/mol. The summed E-state index contributed by atoms with van der Waals surface area (Å²) in [5, 5.41) is 21.5. The van der Waals surface area contributed by atoms with E-state index in [1.54, 1.807) is 12.1 Å². The van der Waals surface area contributed by atoms with Gasteiger partial charge in [-0.25, -0.2) is 4.79 Å². The molecule has 2 aromatic carbocycles. The van der Waals surface area contributed by atoms with E-state index < -0.39 is 24.2 Å². The van der Waals surface area contributed by atoms with Crippen LogP contribution in [0.15, 0.2) is 36.4 Å². The van der Waals surface area contributed by atoms with Crippen LogP contribution in [0.5, 0.6) is 17.2 Å². The zero-order chi connectivity index (χ0) is 17.7. The number of hydrogen-bond donors (Lipinski definition) is 3. The van der Waals surface area contributed by atoms with E-state index in [9.17, 15) is 14.7 Å². The molecule has 0 aliphatic carbocycles. The van der Waals surface area contributed by atoms with Crippen LogP contribution < -0.4 is 10.1 Å². The second-order valence-electron chi connectivity index (χ2n) is 4.68. The Labute approximate surface area is 142 Å². The molecule has 1 amide bonds. The second kappa shape index (κ2) is 7.56. The quantitative estimate of drug-likeness (QED) is 0.715. The van der Waals surface area contributed by atoms with Gasteiger partial charge in [0.05, 0.1) is 12.1 Å². The molecule has 0 fully saturated rings. The summed E-state index contributed by atoms with van der Waals surface area (Å²) in [5.74, 6) is -1.65. The zero-order valence-electron chi connectivity index (χ0n) is 12.6. The van der Waals surface area contributed by atoms with E-state index in [4.69, 9.17) is 26.2 Å². The van der Waals surface area contributed by atoms with Crippen LogP contribution in [0, 0.1) is 0 Å². The Morgan fingerprint density at radius 1 is 1.17 bits per heavy atom. The zero-order valence-corrected chi connectivity index (χ0v) is 13.3. The van der Waals surface area contributed by atoms with Crippen molar-refractivity contribution < 1.29 is 29.3 Å². The Hall–Kier alpha value is -2.93. The van der Waals surface area contributed by atoms with Crippen LogP contribution >= 0.6 is 11.6 Å². The van der Waals surface area contributed by atoms with Crippen LogP contribution in [0.2, 0.25) is 5.02 Å². The van der Waals surface area contributed by atoms with Crippen molar-refractivity contribution >= 4 is 29.2 Å². The molecule has 0 radical (unpaired) electrons. The number of methoxy groups -OCH3 is 1. The lowest BCUT2D eigenvalue weighted by molar-refractivity contribution is -0.119. The van der Waals surface area contributed by atoms with Crippen molar-refractivity contribution in [3.8, 4) is 17.2 Å². The number of ether oxygens (including phenoxy) is 2. The third-order valence-electron chi connectivity index (χ3n) is 2.97. The van der Waals surface area contributed by atoms with Gasteiger partial charge >= 0.3 is 5.97 Å². The Bertz CT molecular complexity index is 777. The molecule has 0 heterocycles. The van der Waals surface area contributed by atoms with Gasteiger partial charge in [0.1, 0.15) is 22.8 Å². The summed E-state index contributed by atoms with van der Waals surface area (Å²) in [4.78, 5) is 23.6. The maximum Gasteiger partial charge on any atom is 0.342 e. The second-order valence-corrected chi connectivity index (χ2v) is 5.08. The molecule has 2 rings (SSSR count). The fraction of sp³-hybridized carbons (Fsp3) is 0.125. The number of phenolic OH excluding ortho intramolecular Hbond substituents is 2. The van der Waals surface area contributed by atoms with Gasteiger partial charge in [0.15, 0.2) is 6.61 Å². The number of esters is 1. The first-order valence-electron chi connectivity index (χ1n) is 6.73. The van der Waals surface area contributed by atoms with Gasteiger partial charge in [-0.3, -0.25) is 4.79 Å². The van der Waals surface area contributed by atoms with Crippen molar-refractivity contribution in [1.82, 2.24) is 0 Å². The summed E-state index contributed by atoms with van der Waals surface area (Å²) in [6.45, 7) is -0.553. The van der Waals surface area contributed by atoms with E-state index in [1.165, 1.54) is 25.3 Å². The number of halogens is 1.